The molecule has 0 atom stereocenters. The Morgan fingerprint density at radius 2 is 1.44 bits per heavy atom. The molecule has 0 aromatic carbocycles. The highest BCUT2D eigenvalue weighted by Gasteiger charge is 2.16. The average molecular weight is 226 g/mol. The molecule has 0 aromatic heterocycles. The van der Waals surface area contributed by atoms with Crippen LogP contribution in [-0.2, 0) is 19.1 Å². The zero-order valence-electron chi connectivity index (χ0n) is 10.4. The molecule has 0 saturated carbocycles. The first-order chi connectivity index (χ1) is 7.31. The Hall–Kier alpha value is -1.58. The van der Waals surface area contributed by atoms with Crippen molar-refractivity contribution < 1.29 is 19.1 Å². The van der Waals surface area contributed by atoms with Gasteiger partial charge in [-0.1, -0.05) is 26.8 Å². The summed E-state index contributed by atoms with van der Waals surface area (Å²) in [5.41, 5.74) is 0.448. The fourth-order valence-electron chi connectivity index (χ4n) is 0.926. The highest BCUT2D eigenvalue weighted by Crippen LogP contribution is 2.26. The molecule has 0 N–H and O–H groups in total. The van der Waals surface area contributed by atoms with E-state index >= 15 is 0 Å². The summed E-state index contributed by atoms with van der Waals surface area (Å²) in [6.07, 6.45) is 4.20. The van der Waals surface area contributed by atoms with Crippen LogP contribution >= 0.6 is 0 Å². The van der Waals surface area contributed by atoms with Gasteiger partial charge in [-0.05, 0) is 11.0 Å². The van der Waals surface area contributed by atoms with Crippen molar-refractivity contribution >= 4 is 11.9 Å². The van der Waals surface area contributed by atoms with Crippen molar-refractivity contribution in [1.82, 2.24) is 0 Å². The summed E-state index contributed by atoms with van der Waals surface area (Å²) in [5.74, 6) is -0.903. The normalized spacial score (nSPS) is 12.7. The van der Waals surface area contributed by atoms with E-state index in [1.54, 1.807) is 6.08 Å². The molecular weight excluding hydrogens is 208 g/mol. The van der Waals surface area contributed by atoms with E-state index in [4.69, 9.17) is 0 Å². The van der Waals surface area contributed by atoms with Crippen LogP contribution in [0.15, 0.2) is 23.8 Å². The lowest BCUT2D eigenvalue weighted by molar-refractivity contribution is -0.135. The van der Waals surface area contributed by atoms with Gasteiger partial charge in [-0.2, -0.15) is 0 Å². The number of rotatable bonds is 3. The topological polar surface area (TPSA) is 52.6 Å². The van der Waals surface area contributed by atoms with Gasteiger partial charge >= 0.3 is 11.9 Å². The van der Waals surface area contributed by atoms with Crippen LogP contribution in [0.25, 0.3) is 0 Å². The van der Waals surface area contributed by atoms with Gasteiger partial charge in [0.05, 0.1) is 14.2 Å². The average Bonchev–Trinajstić information content (AvgIpc) is 2.21. The predicted molar refractivity (Wildman–Crippen MR) is 60.7 cm³/mol. The van der Waals surface area contributed by atoms with Crippen molar-refractivity contribution in [3.05, 3.63) is 23.8 Å². The summed E-state index contributed by atoms with van der Waals surface area (Å²) >= 11 is 0. The molecule has 0 fully saturated rings. The predicted octanol–water partition coefficient (Wildman–Crippen LogP) is 1.86. The van der Waals surface area contributed by atoms with E-state index in [0.29, 0.717) is 5.57 Å². The summed E-state index contributed by atoms with van der Waals surface area (Å²) in [4.78, 5) is 22.1. The maximum atomic E-state index is 11.1. The molecule has 4 nitrogen and oxygen atoms in total. The smallest absolute Gasteiger partial charge is 0.330 e. The van der Waals surface area contributed by atoms with Crippen molar-refractivity contribution in [3.63, 3.8) is 0 Å². The molecule has 16 heavy (non-hydrogen) atoms. The van der Waals surface area contributed by atoms with Crippen LogP contribution in [-0.4, -0.2) is 26.2 Å². The molecule has 0 unspecified atom stereocenters. The van der Waals surface area contributed by atoms with Crippen LogP contribution in [0.5, 0.6) is 0 Å². The lowest BCUT2D eigenvalue weighted by Crippen LogP contribution is -2.11. The molecule has 0 aromatic rings. The number of allylic oxidation sites excluding steroid dienone is 2. The van der Waals surface area contributed by atoms with Crippen molar-refractivity contribution in [3.8, 4) is 0 Å². The van der Waals surface area contributed by atoms with Crippen molar-refractivity contribution in [2.24, 2.45) is 5.41 Å². The molecule has 0 rings (SSSR count). The van der Waals surface area contributed by atoms with Crippen molar-refractivity contribution in [1.29, 1.82) is 0 Å². The second-order valence-corrected chi connectivity index (χ2v) is 4.23. The molecule has 4 heteroatoms. The Morgan fingerprint density at radius 1 is 0.938 bits per heavy atom. The molecule has 0 amide bonds. The van der Waals surface area contributed by atoms with Gasteiger partial charge in [0.1, 0.15) is 0 Å². The number of methoxy groups -OCH3 is 2. The van der Waals surface area contributed by atoms with Gasteiger partial charge in [0.2, 0.25) is 0 Å². The summed E-state index contributed by atoms with van der Waals surface area (Å²) in [7, 11) is 2.61. The first-order valence-electron chi connectivity index (χ1n) is 4.87. The van der Waals surface area contributed by atoms with Crippen molar-refractivity contribution in [2.75, 3.05) is 14.2 Å². The first kappa shape index (κ1) is 14.4. The minimum Gasteiger partial charge on any atom is -0.466 e. The Kier molecular flexibility index (Phi) is 5.50. The fraction of sp³-hybridized carbons (Fsp3) is 0.500. The van der Waals surface area contributed by atoms with E-state index in [1.807, 2.05) is 20.8 Å². The maximum absolute atomic E-state index is 11.1. The molecule has 0 spiro atoms. The third kappa shape index (κ3) is 5.34. The monoisotopic (exact) mass is 226 g/mol. The van der Waals surface area contributed by atoms with E-state index in [9.17, 15) is 9.59 Å². The zero-order valence-corrected chi connectivity index (χ0v) is 10.4. The Balaban J connectivity index is 4.98. The van der Waals surface area contributed by atoms with Crippen LogP contribution in [0.4, 0.5) is 0 Å². The number of carbonyl (C=O) groups is 2. The largest absolute Gasteiger partial charge is 0.466 e. The summed E-state index contributed by atoms with van der Waals surface area (Å²) < 4.78 is 9.02. The van der Waals surface area contributed by atoms with Gasteiger partial charge in [-0.3, -0.25) is 0 Å². The highest BCUT2D eigenvalue weighted by molar-refractivity contribution is 5.85. The first-order valence-corrected chi connectivity index (χ1v) is 4.87. The number of hydrogen-bond donors (Lipinski definition) is 0. The lowest BCUT2D eigenvalue weighted by Gasteiger charge is -2.19. The van der Waals surface area contributed by atoms with Crippen LogP contribution in [0.2, 0.25) is 0 Å². The second kappa shape index (κ2) is 6.10. The number of hydrogen-bond acceptors (Lipinski definition) is 4. The number of esters is 2. The zero-order chi connectivity index (χ0) is 12.8. The third-order valence-electron chi connectivity index (χ3n) is 1.94. The van der Waals surface area contributed by atoms with E-state index in [0.717, 1.165) is 0 Å². The van der Waals surface area contributed by atoms with Crippen LogP contribution in [0.1, 0.15) is 20.8 Å². The van der Waals surface area contributed by atoms with Crippen LogP contribution in [0.3, 0.4) is 0 Å². The lowest BCUT2D eigenvalue weighted by atomic mass is 9.86. The standard InChI is InChI=1S/C12H18O4/c1-12(2,3)9(8-11(14)16-5)6-7-10(13)15-4/h6-8H,1-5H3/b7-6-,9-8-. The Morgan fingerprint density at radius 3 is 1.81 bits per heavy atom. The van der Waals surface area contributed by atoms with E-state index in [2.05, 4.69) is 9.47 Å². The Labute approximate surface area is 95.9 Å². The molecular formula is C12H18O4. The summed E-state index contributed by atoms with van der Waals surface area (Å²) in [6, 6.07) is 0. The Bertz CT molecular complexity index is 318. The fourth-order valence-corrected chi connectivity index (χ4v) is 0.926. The van der Waals surface area contributed by atoms with Gasteiger partial charge in [-0.15, -0.1) is 0 Å². The van der Waals surface area contributed by atoms with E-state index in [1.165, 1.54) is 26.4 Å². The highest BCUT2D eigenvalue weighted by atomic mass is 16.5. The van der Waals surface area contributed by atoms with Crippen LogP contribution < -0.4 is 0 Å². The van der Waals surface area contributed by atoms with Gasteiger partial charge in [0.25, 0.3) is 0 Å². The van der Waals surface area contributed by atoms with Crippen molar-refractivity contribution in [2.45, 2.75) is 20.8 Å². The maximum Gasteiger partial charge on any atom is 0.330 e. The molecule has 0 saturated heterocycles. The molecule has 90 valence electrons. The molecule has 0 heterocycles. The van der Waals surface area contributed by atoms with E-state index in [-0.39, 0.29) is 5.41 Å². The third-order valence-corrected chi connectivity index (χ3v) is 1.94. The molecule has 0 aliphatic carbocycles. The summed E-state index contributed by atoms with van der Waals surface area (Å²) in [6.45, 7) is 5.80. The second-order valence-electron chi connectivity index (χ2n) is 4.23. The number of carbonyl (C=O) groups excluding carboxylic acids is 2. The van der Waals surface area contributed by atoms with Gasteiger partial charge < -0.3 is 9.47 Å². The number of ether oxygens (including phenoxy) is 2. The molecule has 0 aliphatic heterocycles. The van der Waals surface area contributed by atoms with E-state index < -0.39 is 11.9 Å². The quantitative estimate of drug-likeness (QED) is 0.419. The van der Waals surface area contributed by atoms with Gasteiger partial charge in [0.15, 0.2) is 0 Å². The molecule has 0 bridgehead atoms. The van der Waals surface area contributed by atoms with Gasteiger partial charge in [0, 0.05) is 12.2 Å². The van der Waals surface area contributed by atoms with Gasteiger partial charge in [-0.25, -0.2) is 9.59 Å². The minimum absolute atomic E-state index is 0.251. The van der Waals surface area contributed by atoms with Crippen LogP contribution in [0, 0.1) is 5.41 Å². The summed E-state index contributed by atoms with van der Waals surface area (Å²) in [5, 5.41) is 0. The molecule has 0 aliphatic rings. The minimum atomic E-state index is -0.458. The SMILES string of the molecule is COC(=O)/C=C\C(=C\C(=O)OC)C(C)(C)C. The molecule has 0 radical (unpaired) electrons.